The molecule has 1 aromatic rings. The number of carbonyl (C=O) groups is 1. The number of guanidine groups is 1. The van der Waals surface area contributed by atoms with Gasteiger partial charge in [0.05, 0.1) is 6.10 Å². The van der Waals surface area contributed by atoms with Gasteiger partial charge in [0.25, 0.3) is 0 Å². The van der Waals surface area contributed by atoms with E-state index in [1.807, 2.05) is 0 Å². The number of hydrogen-bond donors (Lipinski definition) is 1. The quantitative estimate of drug-likeness (QED) is 0.576. The highest BCUT2D eigenvalue weighted by Crippen LogP contribution is 2.12. The second-order valence-corrected chi connectivity index (χ2v) is 8.20. The number of carbonyl (C=O) groups excluding carboxylic acids is 1. The summed E-state index contributed by atoms with van der Waals surface area (Å²) in [6, 6.07) is 8.72. The number of likely N-dealkylation sites (N-methyl/N-ethyl adjacent to an activating group) is 1. The van der Waals surface area contributed by atoms with Gasteiger partial charge in [0.2, 0.25) is 5.91 Å². The Labute approximate surface area is 174 Å². The monoisotopic (exact) mass is 401 g/mol. The molecule has 7 heteroatoms. The van der Waals surface area contributed by atoms with Crippen molar-refractivity contribution < 1.29 is 9.53 Å². The fourth-order valence-electron chi connectivity index (χ4n) is 3.75. The van der Waals surface area contributed by atoms with Gasteiger partial charge in [-0.05, 0) is 25.3 Å². The number of aliphatic imine (C=N–C) groups is 1. The molecule has 2 saturated heterocycles. The zero-order chi connectivity index (χ0) is 20.6. The molecule has 2 aliphatic heterocycles. The Balaban J connectivity index is 1.55. The lowest BCUT2D eigenvalue weighted by molar-refractivity contribution is -0.127. The van der Waals surface area contributed by atoms with Crippen LogP contribution in [0.2, 0.25) is 0 Å². The minimum atomic E-state index is 0.0134. The first-order valence-corrected chi connectivity index (χ1v) is 10.6. The van der Waals surface area contributed by atoms with E-state index in [9.17, 15) is 4.79 Å². The van der Waals surface area contributed by atoms with Gasteiger partial charge in [-0.25, -0.2) is 4.99 Å². The lowest BCUT2D eigenvalue weighted by Crippen LogP contribution is -2.53. The van der Waals surface area contributed by atoms with E-state index < -0.39 is 0 Å². The second-order valence-electron chi connectivity index (χ2n) is 8.20. The first kappa shape index (κ1) is 21.6. The van der Waals surface area contributed by atoms with Crippen LogP contribution in [0.25, 0.3) is 0 Å². The largest absolute Gasteiger partial charge is 0.376 e. The standard InChI is InChI=1S/C22H35N5O2/c1-18-6-4-7-19(14-18)17-26-9-11-27(12-10-26)22(24-16-21(28)25(2)3)23-15-20-8-5-13-29-20/h4,6-7,14,20H,5,8-13,15-17H2,1-3H3,(H,23,24). The molecular weight excluding hydrogens is 366 g/mol. The van der Waals surface area contributed by atoms with Crippen molar-refractivity contribution in [3.63, 3.8) is 0 Å². The minimum absolute atomic E-state index is 0.0134. The van der Waals surface area contributed by atoms with E-state index in [1.54, 1.807) is 19.0 Å². The molecule has 2 fully saturated rings. The van der Waals surface area contributed by atoms with Gasteiger partial charge < -0.3 is 19.9 Å². The highest BCUT2D eigenvalue weighted by molar-refractivity contribution is 5.85. The highest BCUT2D eigenvalue weighted by atomic mass is 16.5. The van der Waals surface area contributed by atoms with Crippen molar-refractivity contribution in [1.82, 2.24) is 20.0 Å². The SMILES string of the molecule is Cc1cccc(CN2CCN(C(=NCC(=O)N(C)C)NCC3CCCO3)CC2)c1. The molecule has 2 aliphatic rings. The van der Waals surface area contributed by atoms with Gasteiger partial charge in [-0.1, -0.05) is 29.8 Å². The summed E-state index contributed by atoms with van der Waals surface area (Å²) >= 11 is 0. The molecule has 1 N–H and O–H groups in total. The van der Waals surface area contributed by atoms with Crippen LogP contribution in [0, 0.1) is 6.92 Å². The highest BCUT2D eigenvalue weighted by Gasteiger charge is 2.22. The van der Waals surface area contributed by atoms with Crippen LogP contribution >= 0.6 is 0 Å². The summed E-state index contributed by atoms with van der Waals surface area (Å²) in [5, 5.41) is 3.46. The molecule has 0 bridgehead atoms. The number of rotatable bonds is 6. The first-order chi connectivity index (χ1) is 14.0. The average Bonchev–Trinajstić information content (AvgIpc) is 3.22. The molecule has 0 saturated carbocycles. The van der Waals surface area contributed by atoms with Gasteiger partial charge in [-0.3, -0.25) is 9.69 Å². The van der Waals surface area contributed by atoms with E-state index in [4.69, 9.17) is 4.74 Å². The summed E-state index contributed by atoms with van der Waals surface area (Å²) in [6.45, 7) is 8.65. The van der Waals surface area contributed by atoms with Crippen LogP contribution in [0.15, 0.2) is 29.3 Å². The summed E-state index contributed by atoms with van der Waals surface area (Å²) < 4.78 is 5.73. The number of aryl methyl sites for hydroxylation is 1. The normalized spacial score (nSPS) is 20.7. The van der Waals surface area contributed by atoms with E-state index in [2.05, 4.69) is 51.3 Å². The maximum Gasteiger partial charge on any atom is 0.243 e. The summed E-state index contributed by atoms with van der Waals surface area (Å²) in [5.74, 6) is 0.838. The Bertz CT molecular complexity index is 692. The molecule has 1 atom stereocenters. The molecule has 0 aromatic heterocycles. The number of nitrogens with zero attached hydrogens (tertiary/aromatic N) is 4. The predicted molar refractivity (Wildman–Crippen MR) is 116 cm³/mol. The Morgan fingerprint density at radius 3 is 2.72 bits per heavy atom. The van der Waals surface area contributed by atoms with E-state index in [0.29, 0.717) is 0 Å². The molecule has 0 aliphatic carbocycles. The van der Waals surface area contributed by atoms with Gasteiger partial charge in [0.15, 0.2) is 5.96 Å². The third-order valence-electron chi connectivity index (χ3n) is 5.54. The molecule has 160 valence electrons. The molecule has 7 nitrogen and oxygen atoms in total. The summed E-state index contributed by atoms with van der Waals surface area (Å²) in [6.07, 6.45) is 2.45. The number of piperazine rings is 1. The Morgan fingerprint density at radius 1 is 1.28 bits per heavy atom. The fourth-order valence-corrected chi connectivity index (χ4v) is 3.75. The molecule has 3 rings (SSSR count). The van der Waals surface area contributed by atoms with Crippen molar-refractivity contribution in [2.24, 2.45) is 4.99 Å². The van der Waals surface area contributed by atoms with Crippen LogP contribution in [0.1, 0.15) is 24.0 Å². The molecule has 1 aromatic carbocycles. The van der Waals surface area contributed by atoms with Crippen LogP contribution in [0.4, 0.5) is 0 Å². The van der Waals surface area contributed by atoms with Crippen LogP contribution in [-0.4, -0.2) is 92.6 Å². The Morgan fingerprint density at radius 2 is 2.07 bits per heavy atom. The topological polar surface area (TPSA) is 60.4 Å². The van der Waals surface area contributed by atoms with E-state index in [0.717, 1.165) is 64.7 Å². The molecule has 0 spiro atoms. The van der Waals surface area contributed by atoms with Crippen molar-refractivity contribution in [1.29, 1.82) is 0 Å². The van der Waals surface area contributed by atoms with Gasteiger partial charge in [0, 0.05) is 60.0 Å². The average molecular weight is 402 g/mol. The molecular formula is C22H35N5O2. The number of hydrogen-bond acceptors (Lipinski definition) is 4. The van der Waals surface area contributed by atoms with Gasteiger partial charge >= 0.3 is 0 Å². The maximum absolute atomic E-state index is 12.0. The van der Waals surface area contributed by atoms with Gasteiger partial charge in [-0.15, -0.1) is 0 Å². The molecule has 1 unspecified atom stereocenters. The maximum atomic E-state index is 12.0. The molecule has 2 heterocycles. The lowest BCUT2D eigenvalue weighted by atomic mass is 10.1. The van der Waals surface area contributed by atoms with Crippen molar-refractivity contribution in [3.8, 4) is 0 Å². The second kappa shape index (κ2) is 10.6. The molecule has 29 heavy (non-hydrogen) atoms. The third kappa shape index (κ3) is 6.72. The van der Waals surface area contributed by atoms with Crippen molar-refractivity contribution in [3.05, 3.63) is 35.4 Å². The number of amides is 1. The zero-order valence-corrected chi connectivity index (χ0v) is 18.1. The summed E-state index contributed by atoms with van der Waals surface area (Å²) in [4.78, 5) is 23.0. The summed E-state index contributed by atoms with van der Waals surface area (Å²) in [5.41, 5.74) is 2.67. The van der Waals surface area contributed by atoms with Gasteiger partial charge in [-0.2, -0.15) is 0 Å². The van der Waals surface area contributed by atoms with E-state index in [1.165, 1.54) is 11.1 Å². The first-order valence-electron chi connectivity index (χ1n) is 10.6. The Hall–Kier alpha value is -2.12. The van der Waals surface area contributed by atoms with Crippen molar-refractivity contribution in [2.45, 2.75) is 32.4 Å². The third-order valence-corrected chi connectivity index (χ3v) is 5.54. The Kier molecular flexibility index (Phi) is 7.89. The van der Waals surface area contributed by atoms with Gasteiger partial charge in [0.1, 0.15) is 6.54 Å². The number of ether oxygens (including phenoxy) is 1. The summed E-state index contributed by atoms with van der Waals surface area (Å²) in [7, 11) is 3.53. The van der Waals surface area contributed by atoms with E-state index in [-0.39, 0.29) is 18.6 Å². The number of nitrogens with one attached hydrogen (secondary N) is 1. The van der Waals surface area contributed by atoms with Crippen LogP contribution in [0.3, 0.4) is 0 Å². The van der Waals surface area contributed by atoms with Crippen molar-refractivity contribution in [2.75, 3.05) is 60.0 Å². The molecule has 0 radical (unpaired) electrons. The fraction of sp³-hybridized carbons (Fsp3) is 0.636. The smallest absolute Gasteiger partial charge is 0.243 e. The van der Waals surface area contributed by atoms with Crippen LogP contribution < -0.4 is 5.32 Å². The predicted octanol–water partition coefficient (Wildman–Crippen LogP) is 1.33. The van der Waals surface area contributed by atoms with Crippen LogP contribution in [0.5, 0.6) is 0 Å². The number of benzene rings is 1. The van der Waals surface area contributed by atoms with Crippen molar-refractivity contribution >= 4 is 11.9 Å². The van der Waals surface area contributed by atoms with Crippen LogP contribution in [-0.2, 0) is 16.1 Å². The lowest BCUT2D eigenvalue weighted by Gasteiger charge is -2.37. The zero-order valence-electron chi connectivity index (χ0n) is 18.1. The van der Waals surface area contributed by atoms with E-state index >= 15 is 0 Å². The molecule has 1 amide bonds. The minimum Gasteiger partial charge on any atom is -0.376 e.